The number of unbranched alkanes of at least 4 members (excludes halogenated alkanes) is 10. The molecule has 1 fully saturated rings. The maximum absolute atomic E-state index is 12.4. The van der Waals surface area contributed by atoms with E-state index in [4.69, 9.17) is 4.74 Å². The van der Waals surface area contributed by atoms with Gasteiger partial charge in [-0.1, -0.05) is 83.3 Å². The average Bonchev–Trinajstić information content (AvgIpc) is 3.12. The quantitative estimate of drug-likeness (QED) is 0.0447. The summed E-state index contributed by atoms with van der Waals surface area (Å²) in [7, 11) is -4.86. The van der Waals surface area contributed by atoms with E-state index in [0.717, 1.165) is 77.0 Å². The van der Waals surface area contributed by atoms with E-state index < -0.39 is 20.0 Å². The van der Waals surface area contributed by atoms with Gasteiger partial charge in [-0.15, -0.1) is 0 Å². The predicted molar refractivity (Wildman–Crippen MR) is 142 cm³/mol. The number of phosphoric acid groups is 1. The molecule has 1 rings (SSSR count). The number of hydrogen-bond donors (Lipinski definition) is 2. The summed E-state index contributed by atoms with van der Waals surface area (Å²) in [6, 6.07) is 0. The Morgan fingerprint density at radius 1 is 0.975 bits per heavy atom. The van der Waals surface area contributed by atoms with Crippen LogP contribution in [0.5, 0.6) is 0 Å². The zero-order chi connectivity index (χ0) is 28.2. The number of hydrogen-bond acceptors (Lipinski definition) is 9. The summed E-state index contributed by atoms with van der Waals surface area (Å²) in [5.41, 5.74) is 0. The molecule has 0 saturated heterocycles. The molecule has 1 aliphatic rings. The van der Waals surface area contributed by atoms with Crippen LogP contribution in [0.2, 0.25) is 0 Å². The second-order valence-electron chi connectivity index (χ2n) is 10.4. The Morgan fingerprint density at radius 3 is 2.23 bits per heavy atom. The number of ketones is 1. The van der Waals surface area contributed by atoms with Crippen LogP contribution in [0.25, 0.3) is 0 Å². The van der Waals surface area contributed by atoms with E-state index in [1.807, 2.05) is 6.08 Å². The molecule has 4 atom stereocenters. The number of phosphoric ester groups is 1. The molecule has 0 aliphatic heterocycles. The van der Waals surface area contributed by atoms with Crippen molar-refractivity contribution in [2.45, 2.75) is 128 Å². The monoisotopic (exact) mass is 606 g/mol. The van der Waals surface area contributed by atoms with Crippen molar-refractivity contribution in [3.63, 3.8) is 0 Å². The fraction of sp³-hybridized carbons (Fsp3) is 0.857. The Labute approximate surface area is 285 Å². The van der Waals surface area contributed by atoms with Gasteiger partial charge < -0.3 is 33.8 Å². The summed E-state index contributed by atoms with van der Waals surface area (Å²) in [6.07, 6.45) is 15.8. The van der Waals surface area contributed by atoms with Crippen molar-refractivity contribution in [1.82, 2.24) is 0 Å². The maximum Gasteiger partial charge on any atom is 1.00 e. The van der Waals surface area contributed by atoms with Crippen molar-refractivity contribution >= 4 is 19.6 Å². The van der Waals surface area contributed by atoms with Gasteiger partial charge in [0.1, 0.15) is 5.78 Å². The molecule has 40 heavy (non-hydrogen) atoms. The predicted octanol–water partition coefficient (Wildman–Crippen LogP) is -1.87. The third-order valence-corrected chi connectivity index (χ3v) is 7.59. The van der Waals surface area contributed by atoms with Crippen LogP contribution >= 0.6 is 7.82 Å². The van der Waals surface area contributed by atoms with Gasteiger partial charge in [0.15, 0.2) is 0 Å². The zero-order valence-electron chi connectivity index (χ0n) is 25.1. The molecule has 0 amide bonds. The fourth-order valence-electron chi connectivity index (χ4n) is 4.88. The number of Topliss-reactive ketones (excluding diaryl/α,β-unsaturated/α-hetero) is 1. The van der Waals surface area contributed by atoms with Crippen molar-refractivity contribution < 1.29 is 103 Å². The molecular weight excluding hydrogens is 557 g/mol. The Balaban J connectivity index is 0. The number of carbonyl (C=O) groups is 2. The molecule has 0 aromatic rings. The average molecular weight is 607 g/mol. The number of esters is 1. The van der Waals surface area contributed by atoms with Gasteiger partial charge in [-0.05, 0) is 32.1 Å². The first kappa shape index (κ1) is 43.0. The van der Waals surface area contributed by atoms with Gasteiger partial charge in [0.05, 0.1) is 33.2 Å². The normalized spacial score (nSPS) is 19.8. The van der Waals surface area contributed by atoms with Gasteiger partial charge in [0.25, 0.3) is 0 Å². The van der Waals surface area contributed by atoms with Gasteiger partial charge >= 0.3 is 65.1 Å². The van der Waals surface area contributed by atoms with E-state index in [1.165, 1.54) is 0 Å². The molecule has 0 aromatic heterocycles. The van der Waals surface area contributed by atoms with E-state index in [1.54, 1.807) is 6.08 Å². The summed E-state index contributed by atoms with van der Waals surface area (Å²) in [5, 5.41) is 20.4. The summed E-state index contributed by atoms with van der Waals surface area (Å²) in [4.78, 5) is 44.9. The molecule has 12 heteroatoms. The van der Waals surface area contributed by atoms with E-state index in [9.17, 15) is 34.2 Å². The molecule has 0 aromatic carbocycles. The number of ether oxygens (including phenoxy) is 1. The maximum atomic E-state index is 12.4. The Bertz CT molecular complexity index is 733. The molecule has 1 saturated carbocycles. The van der Waals surface area contributed by atoms with E-state index in [0.29, 0.717) is 32.3 Å². The Kier molecular flexibility index (Phi) is 28.3. The van der Waals surface area contributed by atoms with Crippen molar-refractivity contribution in [1.29, 1.82) is 0 Å². The molecule has 0 radical (unpaired) electrons. The second kappa shape index (κ2) is 26.3. The second-order valence-corrected chi connectivity index (χ2v) is 11.6. The molecule has 2 N–H and O–H groups in total. The molecule has 0 bridgehead atoms. The van der Waals surface area contributed by atoms with Crippen LogP contribution in [-0.2, 0) is 23.4 Å². The van der Waals surface area contributed by atoms with Crippen molar-refractivity contribution in [3.05, 3.63) is 12.2 Å². The standard InChI is InChI=1S/C28H51O9P.2Na/c1-2-3-10-15-23(29)18-19-25-24(26(30)22-27(25)31)16-11-6-7-12-17-28(32)36-20-13-8-4-5-9-14-21-37-38(33,34)35;;/h18-19,23-25,27,29,31H,2-17,20-22H2,1H3,(H2,33,34,35);;/q;2*+1/p-2/b19-18+;;/t23-,24+,25+,27+;;/m0../s1. The third-order valence-electron chi connectivity index (χ3n) is 7.09. The van der Waals surface area contributed by atoms with Crippen molar-refractivity contribution in [2.24, 2.45) is 11.8 Å². The summed E-state index contributed by atoms with van der Waals surface area (Å²) in [6.45, 7) is 2.45. The number of aliphatic hydroxyl groups excluding tert-OH is 2. The van der Waals surface area contributed by atoms with Crippen LogP contribution in [0.1, 0.15) is 116 Å². The largest absolute Gasteiger partial charge is 1.00 e. The van der Waals surface area contributed by atoms with Crippen molar-refractivity contribution in [2.75, 3.05) is 13.2 Å². The van der Waals surface area contributed by atoms with Gasteiger partial charge in [0, 0.05) is 24.7 Å². The van der Waals surface area contributed by atoms with Crippen LogP contribution in [0.4, 0.5) is 0 Å². The first-order valence-electron chi connectivity index (χ1n) is 14.5. The van der Waals surface area contributed by atoms with E-state index >= 15 is 0 Å². The van der Waals surface area contributed by atoms with Crippen molar-refractivity contribution in [3.8, 4) is 0 Å². The summed E-state index contributed by atoms with van der Waals surface area (Å²) >= 11 is 0. The van der Waals surface area contributed by atoms with Gasteiger partial charge in [-0.3, -0.25) is 9.59 Å². The molecular formula is C28H49Na2O9P. The number of rotatable bonds is 23. The molecule has 1 aliphatic carbocycles. The van der Waals surface area contributed by atoms with E-state index in [-0.39, 0.29) is 95.7 Å². The minimum absolute atomic E-state index is 0. The van der Waals surface area contributed by atoms with Crippen LogP contribution in [0.15, 0.2) is 12.2 Å². The third kappa shape index (κ3) is 22.4. The molecule has 9 nitrogen and oxygen atoms in total. The molecule has 0 spiro atoms. The van der Waals surface area contributed by atoms with Crippen LogP contribution in [0.3, 0.4) is 0 Å². The van der Waals surface area contributed by atoms with Crippen LogP contribution < -0.4 is 68.9 Å². The summed E-state index contributed by atoms with van der Waals surface area (Å²) in [5.74, 6) is -0.522. The first-order chi connectivity index (χ1) is 18.1. The molecule has 0 unspecified atom stereocenters. The number of carbonyl (C=O) groups excluding carboxylic acids is 2. The Hall–Kier alpha value is 0.910. The Morgan fingerprint density at radius 2 is 1.57 bits per heavy atom. The fourth-order valence-corrected chi connectivity index (χ4v) is 5.23. The summed E-state index contributed by atoms with van der Waals surface area (Å²) < 4.78 is 19.8. The zero-order valence-corrected chi connectivity index (χ0v) is 30.0. The van der Waals surface area contributed by atoms with Gasteiger partial charge in [-0.2, -0.15) is 0 Å². The molecule has 0 heterocycles. The van der Waals surface area contributed by atoms with Crippen LogP contribution in [-0.4, -0.2) is 47.4 Å². The smallest absolute Gasteiger partial charge is 0.790 e. The van der Waals surface area contributed by atoms with Gasteiger partial charge in [-0.25, -0.2) is 0 Å². The van der Waals surface area contributed by atoms with E-state index in [2.05, 4.69) is 11.4 Å². The first-order valence-corrected chi connectivity index (χ1v) is 16.0. The topological polar surface area (TPSA) is 156 Å². The molecule has 222 valence electrons. The minimum atomic E-state index is -4.86. The van der Waals surface area contributed by atoms with Gasteiger partial charge in [0.2, 0.25) is 0 Å². The van der Waals surface area contributed by atoms with Crippen LogP contribution in [0, 0.1) is 11.8 Å². The number of aliphatic hydroxyl groups is 2. The minimum Gasteiger partial charge on any atom is -0.790 e. The SMILES string of the molecule is CCCCC[C@H](O)/C=C/[C@H]1[C@H](O)CC(=O)[C@@H]1CCCCCCC(=O)OCCCCCCCCOP(=O)([O-])[O-].[Na+].[Na+].